The molecule has 7 heteroatoms. The molecule has 0 saturated carbocycles. The van der Waals surface area contributed by atoms with Gasteiger partial charge in [-0.15, -0.1) is 0 Å². The Morgan fingerprint density at radius 1 is 1.08 bits per heavy atom. The third kappa shape index (κ3) is 4.23. The lowest BCUT2D eigenvalue weighted by Crippen LogP contribution is -2.56. The van der Waals surface area contributed by atoms with Crippen LogP contribution in [0, 0.1) is 17.3 Å². The smallest absolute Gasteiger partial charge is 0.257 e. The number of benzene rings is 1. The Labute approximate surface area is 143 Å². The second kappa shape index (κ2) is 7.61. The Kier molecular flexibility index (Phi) is 6.31. The van der Waals surface area contributed by atoms with E-state index in [2.05, 4.69) is 0 Å². The third-order valence-electron chi connectivity index (χ3n) is 4.08. The summed E-state index contributed by atoms with van der Waals surface area (Å²) in [6.07, 6.45) is 1.37. The van der Waals surface area contributed by atoms with E-state index < -0.39 is 39.1 Å². The van der Waals surface area contributed by atoms with Gasteiger partial charge in [-0.25, -0.2) is 13.1 Å². The van der Waals surface area contributed by atoms with Gasteiger partial charge < -0.3 is 5.73 Å². The largest absolute Gasteiger partial charge is 0.369 e. The summed E-state index contributed by atoms with van der Waals surface area (Å²) in [5.41, 5.74) is 4.51. The van der Waals surface area contributed by atoms with Crippen molar-refractivity contribution in [2.45, 2.75) is 27.7 Å². The molecule has 2 amide bonds. The molecule has 1 rings (SSSR count). The average molecular weight is 352 g/mol. The predicted octanol–water partition coefficient (Wildman–Crippen LogP) is 1.89. The van der Waals surface area contributed by atoms with Gasteiger partial charge in [0.1, 0.15) is 5.41 Å². The van der Waals surface area contributed by atoms with Crippen LogP contribution in [-0.2, 0) is 19.6 Å². The Morgan fingerprint density at radius 2 is 1.58 bits per heavy atom. The van der Waals surface area contributed by atoms with Gasteiger partial charge in [0.15, 0.2) is 0 Å². The van der Waals surface area contributed by atoms with Crippen LogP contribution in [-0.4, -0.2) is 20.2 Å². The number of hydrogen-bond donors (Lipinski definition) is 2. The fourth-order valence-electron chi connectivity index (χ4n) is 2.85. The highest BCUT2D eigenvalue weighted by Gasteiger charge is 2.50. The maximum atomic E-state index is 12.6. The zero-order valence-electron chi connectivity index (χ0n) is 14.3. The highest BCUT2D eigenvalue weighted by atomic mass is 32.2. The summed E-state index contributed by atoms with van der Waals surface area (Å²) in [6, 6.07) is 8.79. The Balaban J connectivity index is 3.10. The second-order valence-electron chi connectivity index (χ2n) is 6.23. The summed E-state index contributed by atoms with van der Waals surface area (Å²) in [5.74, 6) is -2.66. The first-order chi connectivity index (χ1) is 11.0. The molecule has 0 fully saturated rings. The van der Waals surface area contributed by atoms with Crippen molar-refractivity contribution in [2.75, 3.05) is 0 Å². The molecule has 0 spiro atoms. The van der Waals surface area contributed by atoms with Crippen LogP contribution in [0.3, 0.4) is 0 Å². The molecule has 1 aromatic rings. The minimum absolute atomic E-state index is 0.455. The summed E-state index contributed by atoms with van der Waals surface area (Å²) in [5, 5.41) is 0.895. The van der Waals surface area contributed by atoms with Crippen LogP contribution in [0.5, 0.6) is 0 Å². The first kappa shape index (κ1) is 19.9. The molecule has 3 N–H and O–H groups in total. The number of carbonyl (C=O) groups is 2. The molecular weight excluding hydrogens is 328 g/mol. The van der Waals surface area contributed by atoms with Crippen LogP contribution < -0.4 is 10.5 Å². The van der Waals surface area contributed by atoms with Crippen molar-refractivity contribution in [2.24, 2.45) is 23.0 Å². The van der Waals surface area contributed by atoms with Crippen molar-refractivity contribution in [3.63, 3.8) is 0 Å². The van der Waals surface area contributed by atoms with Gasteiger partial charge in [-0.1, -0.05) is 58.0 Å². The van der Waals surface area contributed by atoms with Crippen LogP contribution >= 0.6 is 0 Å². The van der Waals surface area contributed by atoms with Gasteiger partial charge in [0, 0.05) is 0 Å². The molecule has 0 atom stereocenters. The van der Waals surface area contributed by atoms with E-state index in [-0.39, 0.29) is 0 Å². The minimum atomic E-state index is -4.05. The lowest BCUT2D eigenvalue weighted by Gasteiger charge is -2.36. The monoisotopic (exact) mass is 352 g/mol. The molecule has 0 saturated heterocycles. The van der Waals surface area contributed by atoms with Crippen LogP contribution in [0.2, 0.25) is 0 Å². The van der Waals surface area contributed by atoms with Gasteiger partial charge in [-0.3, -0.25) is 9.59 Å². The van der Waals surface area contributed by atoms with Gasteiger partial charge in [0.25, 0.3) is 10.0 Å². The first-order valence-corrected chi connectivity index (χ1v) is 9.19. The van der Waals surface area contributed by atoms with Crippen LogP contribution in [0.25, 0.3) is 6.08 Å². The summed E-state index contributed by atoms with van der Waals surface area (Å²) >= 11 is 0. The van der Waals surface area contributed by atoms with Gasteiger partial charge in [0.2, 0.25) is 11.8 Å². The SMILES string of the molecule is CC(C)C(C(N)=O)(C(=O)NS(=O)(=O)C=Cc1ccccc1)C(C)C. The number of sulfonamides is 1. The fourth-order valence-corrected chi connectivity index (χ4v) is 3.68. The predicted molar refractivity (Wildman–Crippen MR) is 93.8 cm³/mol. The van der Waals surface area contributed by atoms with Gasteiger partial charge in [-0.05, 0) is 23.5 Å². The standard InChI is InChI=1S/C17H24N2O4S/c1-12(2)17(13(3)4,15(18)20)16(21)19-24(22,23)11-10-14-8-6-5-7-9-14/h5-13H,1-4H3,(H2,18,20)(H,19,21). The van der Waals surface area contributed by atoms with E-state index in [9.17, 15) is 18.0 Å². The average Bonchev–Trinajstić information content (AvgIpc) is 2.45. The maximum absolute atomic E-state index is 12.6. The Hall–Kier alpha value is -2.15. The molecule has 24 heavy (non-hydrogen) atoms. The van der Waals surface area contributed by atoms with Crippen LogP contribution in [0.4, 0.5) is 0 Å². The van der Waals surface area contributed by atoms with Crippen molar-refractivity contribution in [1.29, 1.82) is 0 Å². The summed E-state index contributed by atoms with van der Waals surface area (Å²) in [7, 11) is -4.05. The van der Waals surface area contributed by atoms with E-state index in [1.807, 2.05) is 4.72 Å². The third-order valence-corrected chi connectivity index (χ3v) is 5.04. The molecule has 0 aliphatic rings. The quantitative estimate of drug-likeness (QED) is 0.731. The van der Waals surface area contributed by atoms with Crippen molar-refractivity contribution in [1.82, 2.24) is 4.72 Å². The van der Waals surface area contributed by atoms with Crippen molar-refractivity contribution in [3.8, 4) is 0 Å². The number of amides is 2. The lowest BCUT2D eigenvalue weighted by atomic mass is 9.68. The van der Waals surface area contributed by atoms with Crippen molar-refractivity contribution in [3.05, 3.63) is 41.3 Å². The maximum Gasteiger partial charge on any atom is 0.257 e. The van der Waals surface area contributed by atoms with Crippen LogP contribution in [0.1, 0.15) is 33.3 Å². The van der Waals surface area contributed by atoms with E-state index in [1.54, 1.807) is 58.0 Å². The zero-order valence-corrected chi connectivity index (χ0v) is 15.1. The fraction of sp³-hybridized carbons (Fsp3) is 0.412. The number of nitrogens with one attached hydrogen (secondary N) is 1. The molecule has 0 radical (unpaired) electrons. The van der Waals surface area contributed by atoms with Crippen molar-refractivity contribution < 1.29 is 18.0 Å². The lowest BCUT2D eigenvalue weighted by molar-refractivity contribution is -0.147. The van der Waals surface area contributed by atoms with Gasteiger partial charge >= 0.3 is 0 Å². The number of hydrogen-bond acceptors (Lipinski definition) is 4. The second-order valence-corrected chi connectivity index (χ2v) is 7.80. The van der Waals surface area contributed by atoms with Crippen LogP contribution in [0.15, 0.2) is 35.7 Å². The zero-order chi connectivity index (χ0) is 18.5. The molecule has 0 heterocycles. The van der Waals surface area contributed by atoms with Crippen molar-refractivity contribution >= 4 is 27.9 Å². The first-order valence-electron chi connectivity index (χ1n) is 7.64. The Bertz CT molecular complexity index is 714. The molecule has 0 aliphatic heterocycles. The summed E-state index contributed by atoms with van der Waals surface area (Å²) in [4.78, 5) is 24.6. The highest BCUT2D eigenvalue weighted by molar-refractivity contribution is 7.93. The number of rotatable bonds is 7. The molecule has 0 unspecified atom stereocenters. The molecule has 132 valence electrons. The topological polar surface area (TPSA) is 106 Å². The molecule has 0 aliphatic carbocycles. The summed E-state index contributed by atoms with van der Waals surface area (Å²) < 4.78 is 26.3. The van der Waals surface area contributed by atoms with Gasteiger partial charge in [-0.2, -0.15) is 0 Å². The van der Waals surface area contributed by atoms with Gasteiger partial charge in [0.05, 0.1) is 5.41 Å². The summed E-state index contributed by atoms with van der Waals surface area (Å²) in [6.45, 7) is 6.65. The normalized spacial score (nSPS) is 12.8. The van der Waals surface area contributed by atoms with E-state index in [0.717, 1.165) is 5.41 Å². The van der Waals surface area contributed by atoms with E-state index >= 15 is 0 Å². The number of primary amides is 1. The molecule has 0 aromatic heterocycles. The molecule has 0 bridgehead atoms. The molecular formula is C17H24N2O4S. The molecule has 6 nitrogen and oxygen atoms in total. The van der Waals surface area contributed by atoms with E-state index in [1.165, 1.54) is 6.08 Å². The van der Waals surface area contributed by atoms with E-state index in [0.29, 0.717) is 5.56 Å². The highest BCUT2D eigenvalue weighted by Crippen LogP contribution is 2.36. The number of carbonyl (C=O) groups excluding carboxylic acids is 2. The minimum Gasteiger partial charge on any atom is -0.369 e. The molecule has 1 aromatic carbocycles. The number of nitrogens with two attached hydrogens (primary N) is 1. The van der Waals surface area contributed by atoms with E-state index in [4.69, 9.17) is 5.73 Å². The Morgan fingerprint density at radius 3 is 2.00 bits per heavy atom.